The number of halogens is 1. The Morgan fingerprint density at radius 1 is 1.11 bits per heavy atom. The van der Waals surface area contributed by atoms with Gasteiger partial charge in [0.25, 0.3) is 0 Å². The van der Waals surface area contributed by atoms with Crippen molar-refractivity contribution in [3.05, 3.63) is 53.6 Å². The second-order valence-electron chi connectivity index (χ2n) is 4.40. The van der Waals surface area contributed by atoms with Gasteiger partial charge in [0.15, 0.2) is 0 Å². The van der Waals surface area contributed by atoms with Gasteiger partial charge >= 0.3 is 0 Å². The van der Waals surface area contributed by atoms with Crippen LogP contribution in [-0.4, -0.2) is 12.6 Å². The monoisotopic (exact) mass is 275 g/mol. The van der Waals surface area contributed by atoms with Crippen LogP contribution in [0.5, 0.6) is 5.75 Å². The molecule has 0 aliphatic heterocycles. The van der Waals surface area contributed by atoms with Crippen molar-refractivity contribution in [3.63, 3.8) is 0 Å². The van der Waals surface area contributed by atoms with Gasteiger partial charge in [-0.3, -0.25) is 0 Å². The highest BCUT2D eigenvalue weighted by Gasteiger charge is 2.09. The van der Waals surface area contributed by atoms with E-state index in [1.54, 1.807) is 0 Å². The van der Waals surface area contributed by atoms with Crippen LogP contribution < -0.4 is 10.5 Å². The molecule has 0 heterocycles. The third-order valence-electron chi connectivity index (χ3n) is 3.05. The molecular weight excluding hydrogens is 258 g/mol. The zero-order valence-electron chi connectivity index (χ0n) is 11.0. The van der Waals surface area contributed by atoms with Crippen molar-refractivity contribution in [2.45, 2.75) is 19.4 Å². The van der Waals surface area contributed by atoms with Crippen molar-refractivity contribution in [1.29, 1.82) is 0 Å². The maximum Gasteiger partial charge on any atom is 0.138 e. The molecule has 0 fully saturated rings. The second-order valence-corrected chi connectivity index (χ2v) is 4.80. The largest absolute Gasteiger partial charge is 0.488 e. The molecule has 0 bridgehead atoms. The number of ether oxygens (including phenoxy) is 1. The fourth-order valence-corrected chi connectivity index (χ4v) is 2.11. The van der Waals surface area contributed by atoms with Crippen LogP contribution >= 0.6 is 11.6 Å². The van der Waals surface area contributed by atoms with Crippen LogP contribution in [-0.2, 0) is 0 Å². The van der Waals surface area contributed by atoms with E-state index < -0.39 is 0 Å². The summed E-state index contributed by atoms with van der Waals surface area (Å²) in [6.07, 6.45) is 0.882. The lowest BCUT2D eigenvalue weighted by atomic mass is 10.1. The van der Waals surface area contributed by atoms with Crippen molar-refractivity contribution < 1.29 is 4.74 Å². The van der Waals surface area contributed by atoms with E-state index in [-0.39, 0.29) is 6.10 Å². The highest BCUT2D eigenvalue weighted by molar-refractivity contribution is 6.32. The molecule has 0 aromatic heterocycles. The molecule has 0 radical (unpaired) electrons. The van der Waals surface area contributed by atoms with Crippen LogP contribution in [0.3, 0.4) is 0 Å². The molecule has 0 aliphatic rings. The van der Waals surface area contributed by atoms with E-state index >= 15 is 0 Å². The summed E-state index contributed by atoms with van der Waals surface area (Å²) in [5, 5.41) is 0.619. The first kappa shape index (κ1) is 13.9. The van der Waals surface area contributed by atoms with Crippen LogP contribution in [0.25, 0.3) is 11.1 Å². The first-order valence-corrected chi connectivity index (χ1v) is 6.84. The first-order valence-electron chi connectivity index (χ1n) is 6.46. The molecule has 1 unspecified atom stereocenters. The predicted octanol–water partition coefficient (Wildman–Crippen LogP) is 4.12. The van der Waals surface area contributed by atoms with E-state index in [1.165, 1.54) is 0 Å². The van der Waals surface area contributed by atoms with Crippen LogP contribution in [0.2, 0.25) is 5.02 Å². The summed E-state index contributed by atoms with van der Waals surface area (Å²) in [7, 11) is 0. The quantitative estimate of drug-likeness (QED) is 0.891. The smallest absolute Gasteiger partial charge is 0.138 e. The summed E-state index contributed by atoms with van der Waals surface area (Å²) in [6, 6.07) is 16.0. The maximum absolute atomic E-state index is 6.27. The number of hydrogen-bond acceptors (Lipinski definition) is 2. The molecule has 0 saturated heterocycles. The summed E-state index contributed by atoms with van der Waals surface area (Å²) in [5.74, 6) is 0.693. The van der Waals surface area contributed by atoms with Crippen LogP contribution in [0.4, 0.5) is 0 Å². The van der Waals surface area contributed by atoms with Crippen LogP contribution in [0.15, 0.2) is 48.5 Å². The molecule has 0 saturated carbocycles. The van der Waals surface area contributed by atoms with E-state index in [2.05, 4.69) is 12.1 Å². The van der Waals surface area contributed by atoms with Crippen LogP contribution in [0, 0.1) is 0 Å². The Kier molecular flexibility index (Phi) is 4.83. The fraction of sp³-hybridized carbons (Fsp3) is 0.250. The molecule has 2 aromatic carbocycles. The predicted molar refractivity (Wildman–Crippen MR) is 80.6 cm³/mol. The van der Waals surface area contributed by atoms with E-state index in [4.69, 9.17) is 22.1 Å². The number of benzene rings is 2. The molecule has 3 heteroatoms. The molecule has 0 aliphatic carbocycles. The lowest BCUT2D eigenvalue weighted by molar-refractivity contribution is 0.205. The first-order chi connectivity index (χ1) is 9.24. The summed E-state index contributed by atoms with van der Waals surface area (Å²) < 4.78 is 5.78. The minimum absolute atomic E-state index is 0.0140. The van der Waals surface area contributed by atoms with Gasteiger partial charge in [-0.15, -0.1) is 0 Å². The van der Waals surface area contributed by atoms with Crippen molar-refractivity contribution >= 4 is 11.6 Å². The second kappa shape index (κ2) is 6.60. The number of hydrogen-bond donors (Lipinski definition) is 1. The van der Waals surface area contributed by atoms with Gasteiger partial charge in [-0.05, 0) is 29.7 Å². The third kappa shape index (κ3) is 3.49. The SMILES string of the molecule is CCC(CN)Oc1ccc(-c2ccccc2)cc1Cl. The van der Waals surface area contributed by atoms with Gasteiger partial charge in [0.05, 0.1) is 5.02 Å². The van der Waals surface area contributed by atoms with E-state index in [0.717, 1.165) is 17.5 Å². The van der Waals surface area contributed by atoms with Gasteiger partial charge in [0.2, 0.25) is 0 Å². The summed E-state index contributed by atoms with van der Waals surface area (Å²) >= 11 is 6.27. The molecular formula is C16H18ClNO. The molecule has 2 nitrogen and oxygen atoms in total. The third-order valence-corrected chi connectivity index (χ3v) is 3.35. The molecule has 2 N–H and O–H groups in total. The van der Waals surface area contributed by atoms with Crippen molar-refractivity contribution in [1.82, 2.24) is 0 Å². The Morgan fingerprint density at radius 3 is 2.42 bits per heavy atom. The summed E-state index contributed by atoms with van der Waals surface area (Å²) in [4.78, 5) is 0. The molecule has 100 valence electrons. The van der Waals surface area contributed by atoms with Gasteiger partial charge < -0.3 is 10.5 Å². The summed E-state index contributed by atoms with van der Waals surface area (Å²) in [5.41, 5.74) is 7.86. The van der Waals surface area contributed by atoms with Crippen LogP contribution in [0.1, 0.15) is 13.3 Å². The number of nitrogens with two attached hydrogens (primary N) is 1. The summed E-state index contributed by atoms with van der Waals surface area (Å²) in [6.45, 7) is 2.54. The van der Waals surface area contributed by atoms with Gasteiger partial charge in [-0.2, -0.15) is 0 Å². The molecule has 0 spiro atoms. The van der Waals surface area contributed by atoms with Gasteiger partial charge in [-0.1, -0.05) is 54.9 Å². The minimum Gasteiger partial charge on any atom is -0.488 e. The van der Waals surface area contributed by atoms with E-state index in [1.807, 2.05) is 43.3 Å². The van der Waals surface area contributed by atoms with Gasteiger partial charge in [0.1, 0.15) is 11.9 Å². The molecule has 0 amide bonds. The van der Waals surface area contributed by atoms with Crippen molar-refractivity contribution in [2.24, 2.45) is 5.73 Å². The molecule has 19 heavy (non-hydrogen) atoms. The highest BCUT2D eigenvalue weighted by atomic mass is 35.5. The van der Waals surface area contributed by atoms with Crippen molar-refractivity contribution in [3.8, 4) is 16.9 Å². The fourth-order valence-electron chi connectivity index (χ4n) is 1.88. The topological polar surface area (TPSA) is 35.2 Å². The highest BCUT2D eigenvalue weighted by Crippen LogP contribution is 2.31. The lowest BCUT2D eigenvalue weighted by Crippen LogP contribution is -2.25. The molecule has 2 rings (SSSR count). The lowest BCUT2D eigenvalue weighted by Gasteiger charge is -2.17. The minimum atomic E-state index is 0.0140. The molecule has 1 atom stereocenters. The Labute approximate surface area is 119 Å². The Hall–Kier alpha value is -1.51. The average Bonchev–Trinajstić information content (AvgIpc) is 2.47. The zero-order valence-corrected chi connectivity index (χ0v) is 11.7. The molecule has 2 aromatic rings. The Balaban J connectivity index is 2.22. The number of rotatable bonds is 5. The van der Waals surface area contributed by atoms with E-state index in [0.29, 0.717) is 17.3 Å². The average molecular weight is 276 g/mol. The van der Waals surface area contributed by atoms with E-state index in [9.17, 15) is 0 Å². The van der Waals surface area contributed by atoms with Gasteiger partial charge in [0, 0.05) is 6.54 Å². The van der Waals surface area contributed by atoms with Crippen molar-refractivity contribution in [2.75, 3.05) is 6.54 Å². The zero-order chi connectivity index (χ0) is 13.7. The van der Waals surface area contributed by atoms with Gasteiger partial charge in [-0.25, -0.2) is 0 Å². The normalized spacial score (nSPS) is 12.2. The Morgan fingerprint density at radius 2 is 1.84 bits per heavy atom. The standard InChI is InChI=1S/C16H18ClNO/c1-2-14(11-18)19-16-9-8-13(10-15(16)17)12-6-4-3-5-7-12/h3-10,14H,2,11,18H2,1H3. The Bertz CT molecular complexity index is 524. The maximum atomic E-state index is 6.27.